The number of aliphatic hydroxyl groups excluding tert-OH is 1. The van der Waals surface area contributed by atoms with E-state index in [4.69, 9.17) is 11.6 Å². The van der Waals surface area contributed by atoms with Crippen molar-refractivity contribution in [1.29, 1.82) is 0 Å². The first-order valence-corrected chi connectivity index (χ1v) is 7.88. The molecule has 0 spiro atoms. The largest absolute Gasteiger partial charge is 0.384 e. The van der Waals surface area contributed by atoms with Gasteiger partial charge in [-0.1, -0.05) is 29.3 Å². The molecule has 0 fully saturated rings. The Hall–Kier alpha value is -2.10. The molecule has 3 rings (SSSR count). The van der Waals surface area contributed by atoms with Gasteiger partial charge in [0.2, 0.25) is 0 Å². The van der Waals surface area contributed by atoms with E-state index in [-0.39, 0.29) is 0 Å². The van der Waals surface area contributed by atoms with Gasteiger partial charge < -0.3 is 9.67 Å². The molecule has 1 N–H and O–H groups in total. The third-order valence-corrected chi connectivity index (χ3v) is 4.43. The van der Waals surface area contributed by atoms with Crippen molar-refractivity contribution >= 4 is 11.6 Å². The average Bonchev–Trinajstić information content (AvgIpc) is 3.00. The number of aryl methyl sites for hydroxylation is 3. The normalized spacial score (nSPS) is 12.4. The summed E-state index contributed by atoms with van der Waals surface area (Å²) in [4.78, 5) is 4.06. The number of hydrogen-bond donors (Lipinski definition) is 1. The average molecular weight is 327 g/mol. The lowest BCUT2D eigenvalue weighted by molar-refractivity contribution is 0.219. The zero-order valence-electron chi connectivity index (χ0n) is 13.4. The standard InChI is InChI=1S/C19H19ClN2O/c1-12-8-13(2)18(14(3)9-12)19(23)16-10-15(4-5-17(16)20)22-7-6-21-11-22/h4-11,19,23H,1-3H3. The number of imidazole rings is 1. The Morgan fingerprint density at radius 2 is 1.78 bits per heavy atom. The van der Waals surface area contributed by atoms with Gasteiger partial charge in [-0.05, 0) is 55.7 Å². The quantitative estimate of drug-likeness (QED) is 0.767. The fraction of sp³-hybridized carbons (Fsp3) is 0.211. The molecule has 0 saturated heterocycles. The van der Waals surface area contributed by atoms with Crippen LogP contribution < -0.4 is 0 Å². The number of hydrogen-bond acceptors (Lipinski definition) is 2. The van der Waals surface area contributed by atoms with Crippen LogP contribution in [0.2, 0.25) is 5.02 Å². The van der Waals surface area contributed by atoms with Crippen LogP contribution in [0, 0.1) is 20.8 Å². The maximum Gasteiger partial charge on any atom is 0.106 e. The lowest BCUT2D eigenvalue weighted by Gasteiger charge is -2.20. The zero-order chi connectivity index (χ0) is 16.6. The molecule has 0 aliphatic rings. The van der Waals surface area contributed by atoms with Gasteiger partial charge in [0, 0.05) is 28.7 Å². The van der Waals surface area contributed by atoms with Gasteiger partial charge in [0.1, 0.15) is 6.10 Å². The molecular formula is C19H19ClN2O. The maximum absolute atomic E-state index is 10.9. The summed E-state index contributed by atoms with van der Waals surface area (Å²) in [7, 11) is 0. The van der Waals surface area contributed by atoms with Crippen molar-refractivity contribution in [2.45, 2.75) is 26.9 Å². The van der Waals surface area contributed by atoms with Gasteiger partial charge in [0.05, 0.1) is 6.33 Å². The Labute approximate surface area is 141 Å². The molecule has 0 aliphatic carbocycles. The van der Waals surface area contributed by atoms with Crippen molar-refractivity contribution in [3.63, 3.8) is 0 Å². The Balaban J connectivity index is 2.10. The van der Waals surface area contributed by atoms with Gasteiger partial charge in [0.25, 0.3) is 0 Å². The highest BCUT2D eigenvalue weighted by atomic mass is 35.5. The number of rotatable bonds is 3. The second-order valence-electron chi connectivity index (χ2n) is 5.89. The number of aromatic nitrogens is 2. The fourth-order valence-electron chi connectivity index (χ4n) is 3.09. The molecular weight excluding hydrogens is 308 g/mol. The molecule has 0 saturated carbocycles. The summed E-state index contributed by atoms with van der Waals surface area (Å²) in [5.74, 6) is 0. The number of nitrogens with zero attached hydrogens (tertiary/aromatic N) is 2. The summed E-state index contributed by atoms with van der Waals surface area (Å²) in [6, 6.07) is 9.80. The van der Waals surface area contributed by atoms with Gasteiger partial charge in [-0.2, -0.15) is 0 Å². The van der Waals surface area contributed by atoms with Gasteiger partial charge in [-0.25, -0.2) is 4.98 Å². The van der Waals surface area contributed by atoms with Crippen LogP contribution in [0.25, 0.3) is 5.69 Å². The Bertz CT molecular complexity index is 818. The van der Waals surface area contributed by atoms with Crippen molar-refractivity contribution in [3.05, 3.63) is 81.9 Å². The van der Waals surface area contributed by atoms with E-state index in [1.54, 1.807) is 12.5 Å². The minimum atomic E-state index is -0.758. The molecule has 0 radical (unpaired) electrons. The predicted octanol–water partition coefficient (Wildman–Crippen LogP) is 4.53. The molecule has 1 heterocycles. The summed E-state index contributed by atoms with van der Waals surface area (Å²) in [5, 5.41) is 11.5. The number of benzene rings is 2. The molecule has 3 aromatic rings. The summed E-state index contributed by atoms with van der Waals surface area (Å²) >= 11 is 6.35. The summed E-state index contributed by atoms with van der Waals surface area (Å²) in [5.41, 5.74) is 5.86. The topological polar surface area (TPSA) is 38.0 Å². The van der Waals surface area contributed by atoms with E-state index in [0.29, 0.717) is 10.6 Å². The highest BCUT2D eigenvalue weighted by Gasteiger charge is 2.19. The van der Waals surface area contributed by atoms with E-state index >= 15 is 0 Å². The van der Waals surface area contributed by atoms with E-state index in [2.05, 4.69) is 24.0 Å². The minimum absolute atomic E-state index is 0.556. The van der Waals surface area contributed by atoms with Gasteiger partial charge in [-0.15, -0.1) is 0 Å². The van der Waals surface area contributed by atoms with Gasteiger partial charge in [0.15, 0.2) is 0 Å². The lowest BCUT2D eigenvalue weighted by Crippen LogP contribution is -2.07. The molecule has 118 valence electrons. The van der Waals surface area contributed by atoms with Crippen molar-refractivity contribution < 1.29 is 5.11 Å². The summed E-state index contributed by atoms with van der Waals surface area (Å²) in [6.45, 7) is 6.10. The molecule has 3 nitrogen and oxygen atoms in total. The third kappa shape index (κ3) is 3.03. The monoisotopic (exact) mass is 326 g/mol. The molecule has 4 heteroatoms. The lowest BCUT2D eigenvalue weighted by atomic mass is 9.91. The molecule has 0 aliphatic heterocycles. The van der Waals surface area contributed by atoms with Crippen molar-refractivity contribution in [2.24, 2.45) is 0 Å². The van der Waals surface area contributed by atoms with Crippen LogP contribution >= 0.6 is 11.6 Å². The SMILES string of the molecule is Cc1cc(C)c(C(O)c2cc(-n3ccnc3)ccc2Cl)c(C)c1. The van der Waals surface area contributed by atoms with Crippen molar-refractivity contribution in [2.75, 3.05) is 0 Å². The Morgan fingerprint density at radius 3 is 2.39 bits per heavy atom. The van der Waals surface area contributed by atoms with Gasteiger partial charge >= 0.3 is 0 Å². The van der Waals surface area contributed by atoms with Crippen LogP contribution in [0.1, 0.15) is 33.9 Å². The van der Waals surface area contributed by atoms with E-state index in [1.165, 1.54) is 5.56 Å². The summed E-state index contributed by atoms with van der Waals surface area (Å²) in [6.07, 6.45) is 4.55. The van der Waals surface area contributed by atoms with Crippen LogP contribution in [-0.4, -0.2) is 14.7 Å². The molecule has 1 unspecified atom stereocenters. The van der Waals surface area contributed by atoms with Crippen LogP contribution in [0.5, 0.6) is 0 Å². The van der Waals surface area contributed by atoms with Crippen LogP contribution in [0.15, 0.2) is 49.1 Å². The molecule has 2 aromatic carbocycles. The van der Waals surface area contributed by atoms with Crippen LogP contribution in [0.3, 0.4) is 0 Å². The van der Waals surface area contributed by atoms with E-state index in [9.17, 15) is 5.11 Å². The predicted molar refractivity (Wildman–Crippen MR) is 93.3 cm³/mol. The molecule has 23 heavy (non-hydrogen) atoms. The van der Waals surface area contributed by atoms with E-state index in [0.717, 1.165) is 22.4 Å². The smallest absolute Gasteiger partial charge is 0.106 e. The minimum Gasteiger partial charge on any atom is -0.384 e. The van der Waals surface area contributed by atoms with Gasteiger partial charge in [-0.3, -0.25) is 0 Å². The zero-order valence-corrected chi connectivity index (χ0v) is 14.2. The van der Waals surface area contributed by atoms with Crippen LogP contribution in [-0.2, 0) is 0 Å². The van der Waals surface area contributed by atoms with Crippen LogP contribution in [0.4, 0.5) is 0 Å². The van der Waals surface area contributed by atoms with E-state index in [1.807, 2.05) is 42.8 Å². The maximum atomic E-state index is 10.9. The fourth-order valence-corrected chi connectivity index (χ4v) is 3.31. The molecule has 0 amide bonds. The molecule has 1 aromatic heterocycles. The Morgan fingerprint density at radius 1 is 1.09 bits per heavy atom. The first-order valence-electron chi connectivity index (χ1n) is 7.51. The van der Waals surface area contributed by atoms with Crippen molar-refractivity contribution in [3.8, 4) is 5.69 Å². The number of halogens is 1. The Kier molecular flexibility index (Phi) is 4.24. The molecule has 1 atom stereocenters. The second kappa shape index (κ2) is 6.19. The second-order valence-corrected chi connectivity index (χ2v) is 6.30. The first kappa shape index (κ1) is 15.8. The van der Waals surface area contributed by atoms with E-state index < -0.39 is 6.10 Å². The van der Waals surface area contributed by atoms with Crippen molar-refractivity contribution in [1.82, 2.24) is 9.55 Å². The molecule has 0 bridgehead atoms. The first-order chi connectivity index (χ1) is 11.0. The summed E-state index contributed by atoms with van der Waals surface area (Å²) < 4.78 is 1.89. The highest BCUT2D eigenvalue weighted by Crippen LogP contribution is 2.33. The highest BCUT2D eigenvalue weighted by molar-refractivity contribution is 6.31. The number of aliphatic hydroxyl groups is 1. The third-order valence-electron chi connectivity index (χ3n) is 4.09.